The predicted molar refractivity (Wildman–Crippen MR) is 161 cm³/mol. The third-order valence-corrected chi connectivity index (χ3v) is 7.03. The highest BCUT2D eigenvalue weighted by Crippen LogP contribution is 2.35. The van der Waals surface area contributed by atoms with Gasteiger partial charge < -0.3 is 25.7 Å². The van der Waals surface area contributed by atoms with Crippen LogP contribution in [0.15, 0.2) is 85.4 Å². The van der Waals surface area contributed by atoms with Crippen molar-refractivity contribution in [1.82, 2.24) is 24.5 Å². The number of ether oxygens (including phenoxy) is 1. The molecule has 0 spiro atoms. The number of alkyl halides is 2. The Kier molecular flexibility index (Phi) is 8.06. The maximum Gasteiger partial charge on any atom is 0.267 e. The maximum absolute atomic E-state index is 14.2. The largest absolute Gasteiger partial charge is 0.457 e. The van der Waals surface area contributed by atoms with Crippen molar-refractivity contribution < 1.29 is 18.3 Å². The Labute approximate surface area is 246 Å². The Morgan fingerprint density at radius 2 is 1.98 bits per heavy atom. The van der Waals surface area contributed by atoms with Crippen molar-refractivity contribution in [3.63, 3.8) is 0 Å². The number of amides is 1. The Hall–Kier alpha value is -5.33. The molecule has 43 heavy (non-hydrogen) atoms. The molecule has 222 valence electrons. The molecule has 0 atom stereocenters. The van der Waals surface area contributed by atoms with E-state index in [1.807, 2.05) is 26.0 Å². The zero-order valence-electron chi connectivity index (χ0n) is 23.7. The molecule has 4 aromatic rings. The highest BCUT2D eigenvalue weighted by Gasteiger charge is 2.36. The third kappa shape index (κ3) is 6.15. The highest BCUT2D eigenvalue weighted by molar-refractivity contribution is 5.89. The second-order valence-electron chi connectivity index (χ2n) is 10.4. The Bertz CT molecular complexity index is 1770. The van der Waals surface area contributed by atoms with Crippen LogP contribution in [0.1, 0.15) is 25.8 Å². The van der Waals surface area contributed by atoms with Gasteiger partial charge in [0.05, 0.1) is 16.6 Å². The summed E-state index contributed by atoms with van der Waals surface area (Å²) in [5, 5.41) is 3.11. The van der Waals surface area contributed by atoms with E-state index in [9.17, 15) is 13.6 Å². The number of carbonyl (C=O) groups is 1. The zero-order chi connectivity index (χ0) is 30.7. The third-order valence-electron chi connectivity index (χ3n) is 7.03. The van der Waals surface area contributed by atoms with E-state index in [0.29, 0.717) is 53.5 Å². The van der Waals surface area contributed by atoms with Gasteiger partial charge in [0.2, 0.25) is 5.91 Å². The van der Waals surface area contributed by atoms with E-state index in [1.54, 1.807) is 11.0 Å². The number of carbonyl (C=O) groups excluding carboxylic acids is 1. The Balaban J connectivity index is 1.42. The highest BCUT2D eigenvalue weighted by atomic mass is 19.3. The number of nitrogens with two attached hydrogens (primary N) is 1. The van der Waals surface area contributed by atoms with Gasteiger partial charge in [0, 0.05) is 43.8 Å². The average molecular weight is 588 g/mol. The molecule has 11 nitrogen and oxygen atoms in total. The van der Waals surface area contributed by atoms with Gasteiger partial charge in [0.1, 0.15) is 29.2 Å². The van der Waals surface area contributed by atoms with Crippen LogP contribution in [0.4, 0.5) is 26.1 Å². The number of nitrogen functional groups attached to an aromatic ring is 1. The van der Waals surface area contributed by atoms with Gasteiger partial charge in [-0.2, -0.15) is 0 Å². The summed E-state index contributed by atoms with van der Waals surface area (Å²) >= 11 is 0. The number of anilines is 3. The monoisotopic (exact) mass is 587 g/mol. The van der Waals surface area contributed by atoms with Gasteiger partial charge in [-0.3, -0.25) is 9.47 Å². The molecule has 1 fully saturated rings. The van der Waals surface area contributed by atoms with E-state index < -0.39 is 12.0 Å². The Morgan fingerprint density at radius 3 is 2.70 bits per heavy atom. The molecule has 0 unspecified atom stereocenters. The van der Waals surface area contributed by atoms with Crippen molar-refractivity contribution in [2.45, 2.75) is 25.8 Å². The van der Waals surface area contributed by atoms with Crippen LogP contribution < -0.4 is 26.3 Å². The molecular formula is C30H31F2N9O2. The summed E-state index contributed by atoms with van der Waals surface area (Å²) < 4.78 is 35.3. The van der Waals surface area contributed by atoms with E-state index in [2.05, 4.69) is 38.3 Å². The number of halogens is 2. The van der Waals surface area contributed by atoms with Crippen LogP contribution >= 0.6 is 0 Å². The molecule has 0 saturated carbocycles. The first-order valence-corrected chi connectivity index (χ1v) is 13.4. The minimum atomic E-state index is -2.82. The van der Waals surface area contributed by atoms with Gasteiger partial charge in [0.15, 0.2) is 11.3 Å². The first-order valence-electron chi connectivity index (χ1n) is 13.4. The number of hydrogen-bond acceptors (Lipinski definition) is 9. The summed E-state index contributed by atoms with van der Waals surface area (Å²) in [6.07, 6.45) is 2.70. The molecule has 3 aromatic heterocycles. The summed E-state index contributed by atoms with van der Waals surface area (Å²) in [5.74, 6) is 7.00. The van der Waals surface area contributed by atoms with Crippen molar-refractivity contribution in [3.8, 4) is 11.5 Å². The lowest BCUT2D eigenvalue weighted by molar-refractivity contribution is -0.131. The lowest BCUT2D eigenvalue weighted by Crippen LogP contribution is -2.61. The SMILES string of the molecule is C=CN=c1cc(Oc2ccc(Nc3ncnc4ccc(N5CCN(C(=O)C=C)C(C)(C)C5)nc34)cc2C(F)F)ccn1N. The predicted octanol–water partition coefficient (Wildman–Crippen LogP) is 4.67. The quantitative estimate of drug-likeness (QED) is 0.225. The topological polar surface area (TPSA) is 127 Å². The minimum absolute atomic E-state index is 0.0236. The van der Waals surface area contributed by atoms with Crippen molar-refractivity contribution in [2.24, 2.45) is 4.99 Å². The molecule has 3 N–H and O–H groups in total. The van der Waals surface area contributed by atoms with Gasteiger partial charge in [-0.1, -0.05) is 13.2 Å². The van der Waals surface area contributed by atoms with E-state index >= 15 is 0 Å². The van der Waals surface area contributed by atoms with Gasteiger partial charge in [-0.25, -0.2) is 28.7 Å². The molecular weight excluding hydrogens is 556 g/mol. The molecule has 1 amide bonds. The van der Waals surface area contributed by atoms with E-state index in [1.165, 1.54) is 53.7 Å². The molecule has 5 rings (SSSR count). The fourth-order valence-corrected chi connectivity index (χ4v) is 4.96. The smallest absolute Gasteiger partial charge is 0.267 e. The van der Waals surface area contributed by atoms with Crippen molar-refractivity contribution in [1.29, 1.82) is 0 Å². The van der Waals surface area contributed by atoms with Crippen LogP contribution in [0.5, 0.6) is 11.5 Å². The van der Waals surface area contributed by atoms with E-state index in [-0.39, 0.29) is 23.0 Å². The molecule has 4 heterocycles. The lowest BCUT2D eigenvalue weighted by Gasteiger charge is -2.47. The van der Waals surface area contributed by atoms with Crippen LogP contribution in [0.25, 0.3) is 11.0 Å². The molecule has 0 bridgehead atoms. The summed E-state index contributed by atoms with van der Waals surface area (Å²) in [7, 11) is 0. The van der Waals surface area contributed by atoms with Crippen LogP contribution in [0.3, 0.4) is 0 Å². The second-order valence-corrected chi connectivity index (χ2v) is 10.4. The number of fused-ring (bicyclic) bond motifs is 1. The number of pyridine rings is 2. The molecule has 1 saturated heterocycles. The first kappa shape index (κ1) is 29.2. The fraction of sp³-hybridized carbons (Fsp3) is 0.233. The van der Waals surface area contributed by atoms with Crippen LogP contribution in [-0.4, -0.2) is 55.6 Å². The number of rotatable bonds is 8. The number of nitrogens with one attached hydrogen (secondary N) is 1. The Morgan fingerprint density at radius 1 is 1.16 bits per heavy atom. The van der Waals surface area contributed by atoms with E-state index in [4.69, 9.17) is 15.6 Å². The molecule has 1 aromatic carbocycles. The number of hydrogen-bond donors (Lipinski definition) is 2. The summed E-state index contributed by atoms with van der Waals surface area (Å²) in [5.41, 5.74) is 0.983. The molecule has 0 radical (unpaired) electrons. The number of benzene rings is 1. The maximum atomic E-state index is 14.2. The second kappa shape index (κ2) is 11.9. The fourth-order valence-electron chi connectivity index (χ4n) is 4.96. The average Bonchev–Trinajstić information content (AvgIpc) is 2.98. The van der Waals surface area contributed by atoms with Crippen molar-refractivity contribution >= 4 is 34.3 Å². The van der Waals surface area contributed by atoms with Gasteiger partial charge >= 0.3 is 0 Å². The van der Waals surface area contributed by atoms with Gasteiger partial charge in [0.25, 0.3) is 6.43 Å². The number of aromatic nitrogens is 4. The van der Waals surface area contributed by atoms with Crippen molar-refractivity contribution in [3.05, 3.63) is 91.5 Å². The summed E-state index contributed by atoms with van der Waals surface area (Å²) in [6.45, 7) is 12.8. The normalized spacial score (nSPS) is 15.0. The first-order chi connectivity index (χ1) is 20.6. The van der Waals surface area contributed by atoms with Crippen molar-refractivity contribution in [2.75, 3.05) is 35.7 Å². The van der Waals surface area contributed by atoms with Gasteiger partial charge in [-0.05, 0) is 56.3 Å². The van der Waals surface area contributed by atoms with Crippen LogP contribution in [0.2, 0.25) is 0 Å². The summed E-state index contributed by atoms with van der Waals surface area (Å²) in [4.78, 5) is 33.7. The number of piperazine rings is 1. The molecule has 1 aliphatic rings. The number of nitrogens with zero attached hydrogens (tertiary/aromatic N) is 7. The molecule has 0 aliphatic carbocycles. The summed E-state index contributed by atoms with van der Waals surface area (Å²) in [6, 6.07) is 11.1. The van der Waals surface area contributed by atoms with Crippen LogP contribution in [-0.2, 0) is 4.79 Å². The minimum Gasteiger partial charge on any atom is -0.457 e. The van der Waals surface area contributed by atoms with Gasteiger partial charge in [-0.15, -0.1) is 0 Å². The van der Waals surface area contributed by atoms with E-state index in [0.717, 1.165) is 0 Å². The lowest BCUT2D eigenvalue weighted by atomic mass is 9.98. The van der Waals surface area contributed by atoms with Crippen LogP contribution in [0, 0.1) is 0 Å². The standard InChI is InChI=1S/C30H31F2N9O2/c1-5-26(42)40-14-13-39(17-30(40,3)4)24-10-8-22-27(38-24)29(36-18-35-22)37-19-7-9-23(21(15-19)28(31)32)43-20-11-12-41(33)25(16-20)34-6-2/h5-12,15-16,18,28H,1-2,13-14,17,33H2,3-4H3,(H,35,36,37). The zero-order valence-corrected chi connectivity index (χ0v) is 23.7. The molecule has 1 aliphatic heterocycles. The molecule has 13 heteroatoms.